The molecule has 2 heterocycles. The number of aromatic nitrogens is 2. The predicted octanol–water partition coefficient (Wildman–Crippen LogP) is 3.58. The molecular weight excluding hydrogens is 492 g/mol. The summed E-state index contributed by atoms with van der Waals surface area (Å²) in [6.07, 6.45) is -0.188. The van der Waals surface area contributed by atoms with Crippen LogP contribution in [0.15, 0.2) is 22.7 Å². The summed E-state index contributed by atoms with van der Waals surface area (Å²) < 4.78 is 11.5. The highest BCUT2D eigenvalue weighted by Gasteiger charge is 2.18. The summed E-state index contributed by atoms with van der Waals surface area (Å²) in [4.78, 5) is 20.4. The molecule has 0 unspecified atom stereocenters. The molecule has 0 radical (unpaired) electrons. The van der Waals surface area contributed by atoms with Gasteiger partial charge in [-0.05, 0) is 68.1 Å². The smallest absolute Gasteiger partial charge is 0.268 e. The predicted molar refractivity (Wildman–Crippen MR) is 145 cm³/mol. The van der Waals surface area contributed by atoms with E-state index >= 15 is 0 Å². The molecule has 1 amide bonds. The number of aliphatic hydroxyl groups is 2. The molecule has 10 heteroatoms. The molecule has 1 aromatic carbocycles. The fourth-order valence-electron chi connectivity index (χ4n) is 4.13. The monoisotopic (exact) mass is 530 g/mol. The number of amides is 1. The molecule has 0 aliphatic carbocycles. The van der Waals surface area contributed by atoms with Crippen molar-refractivity contribution in [3.63, 3.8) is 0 Å². The van der Waals surface area contributed by atoms with E-state index in [0.29, 0.717) is 29.8 Å². The van der Waals surface area contributed by atoms with Crippen LogP contribution in [0.25, 0.3) is 22.2 Å². The van der Waals surface area contributed by atoms with E-state index in [1.54, 1.807) is 11.3 Å². The van der Waals surface area contributed by atoms with Crippen molar-refractivity contribution < 1.29 is 24.3 Å². The van der Waals surface area contributed by atoms with Gasteiger partial charge >= 0.3 is 0 Å². The molecule has 1 atom stereocenters. The van der Waals surface area contributed by atoms with Gasteiger partial charge in [0, 0.05) is 30.1 Å². The lowest BCUT2D eigenvalue weighted by Gasteiger charge is -2.18. The molecule has 0 bridgehead atoms. The van der Waals surface area contributed by atoms with Crippen LogP contribution in [0, 0.1) is 19.8 Å². The highest BCUT2D eigenvalue weighted by atomic mass is 32.1. The minimum Gasteiger partial charge on any atom is -0.490 e. The molecule has 2 aromatic heterocycles. The number of hydrogen-bond donors (Lipinski definition) is 3. The molecule has 3 aromatic rings. The van der Waals surface area contributed by atoms with E-state index in [1.165, 1.54) is 10.4 Å². The van der Waals surface area contributed by atoms with Crippen molar-refractivity contribution in [2.24, 2.45) is 5.92 Å². The summed E-state index contributed by atoms with van der Waals surface area (Å²) in [5.41, 5.74) is 3.89. The van der Waals surface area contributed by atoms with Crippen molar-refractivity contribution in [2.75, 3.05) is 33.4 Å². The minimum atomic E-state index is -0.900. The first-order valence-corrected chi connectivity index (χ1v) is 13.4. The summed E-state index contributed by atoms with van der Waals surface area (Å²) in [5, 5.41) is 25.6. The van der Waals surface area contributed by atoms with Crippen molar-refractivity contribution in [3.8, 4) is 27.9 Å². The van der Waals surface area contributed by atoms with E-state index in [-0.39, 0.29) is 13.2 Å². The number of aryl methyl sites for hydroxylation is 3. The van der Waals surface area contributed by atoms with Gasteiger partial charge < -0.3 is 29.7 Å². The molecule has 0 fully saturated rings. The van der Waals surface area contributed by atoms with Crippen LogP contribution in [-0.4, -0.2) is 70.6 Å². The van der Waals surface area contributed by atoms with Gasteiger partial charge in [0.1, 0.15) is 25.1 Å². The minimum absolute atomic E-state index is 0.00153. The van der Waals surface area contributed by atoms with Crippen LogP contribution in [0.3, 0.4) is 0 Å². The third kappa shape index (κ3) is 7.85. The molecule has 0 saturated heterocycles. The van der Waals surface area contributed by atoms with Crippen LogP contribution in [0.2, 0.25) is 0 Å². The number of nitrogens with zero attached hydrogens (tertiary/aromatic N) is 3. The number of aliphatic hydroxyl groups excluding tert-OH is 2. The molecule has 3 rings (SSSR count). The molecular formula is C27H38N4O5S. The number of thiophene rings is 1. The largest absolute Gasteiger partial charge is 0.490 e. The molecule has 0 saturated carbocycles. The van der Waals surface area contributed by atoms with Crippen molar-refractivity contribution in [3.05, 3.63) is 39.8 Å². The average molecular weight is 531 g/mol. The number of hydrogen-bond acceptors (Lipinski definition) is 9. The zero-order valence-corrected chi connectivity index (χ0v) is 23.3. The first-order valence-electron chi connectivity index (χ1n) is 12.5. The molecule has 0 aliphatic heterocycles. The lowest BCUT2D eigenvalue weighted by molar-refractivity contribution is -0.124. The second-order valence-electron chi connectivity index (χ2n) is 9.79. The van der Waals surface area contributed by atoms with Crippen molar-refractivity contribution in [2.45, 2.75) is 53.7 Å². The molecule has 37 heavy (non-hydrogen) atoms. The highest BCUT2D eigenvalue weighted by Crippen LogP contribution is 2.34. The molecule has 202 valence electrons. The summed E-state index contributed by atoms with van der Waals surface area (Å²) in [7, 11) is 2.14. The van der Waals surface area contributed by atoms with Gasteiger partial charge in [-0.25, -0.2) is 0 Å². The van der Waals surface area contributed by atoms with E-state index in [2.05, 4.69) is 54.2 Å². The van der Waals surface area contributed by atoms with Crippen LogP contribution in [0.5, 0.6) is 5.75 Å². The number of carbonyl (C=O) groups excluding carboxylic acids is 1. The summed E-state index contributed by atoms with van der Waals surface area (Å²) in [6.45, 7) is 11.8. The van der Waals surface area contributed by atoms with Gasteiger partial charge in [-0.3, -0.25) is 4.79 Å². The van der Waals surface area contributed by atoms with Crippen molar-refractivity contribution >= 4 is 17.2 Å². The Bertz CT molecular complexity index is 1190. The number of nitrogens with one attached hydrogen (secondary N) is 1. The van der Waals surface area contributed by atoms with E-state index in [4.69, 9.17) is 14.4 Å². The SMILES string of the molecule is CCc1cc(-c2noc(-c3cc(C)c(CN(C)CC(C)C)s3)n2)cc(C)c1OC[C@@H](O)CNC(=O)CO. The van der Waals surface area contributed by atoms with E-state index in [9.17, 15) is 9.90 Å². The maximum absolute atomic E-state index is 11.2. The number of carbonyl (C=O) groups is 1. The van der Waals surface area contributed by atoms with Gasteiger partial charge in [0.05, 0.1) is 4.88 Å². The van der Waals surface area contributed by atoms with Gasteiger partial charge in [0.25, 0.3) is 5.89 Å². The Kier molecular flexibility index (Phi) is 10.2. The zero-order valence-electron chi connectivity index (χ0n) is 22.5. The Morgan fingerprint density at radius 2 is 2.00 bits per heavy atom. The lowest BCUT2D eigenvalue weighted by atomic mass is 10.0. The van der Waals surface area contributed by atoms with Gasteiger partial charge in [0.2, 0.25) is 11.7 Å². The summed E-state index contributed by atoms with van der Waals surface area (Å²) in [6, 6.07) is 6.02. The van der Waals surface area contributed by atoms with Crippen LogP contribution < -0.4 is 10.1 Å². The van der Waals surface area contributed by atoms with Crippen molar-refractivity contribution in [1.82, 2.24) is 20.4 Å². The number of benzene rings is 1. The third-order valence-corrected chi connectivity index (χ3v) is 7.05. The van der Waals surface area contributed by atoms with Crippen molar-refractivity contribution in [1.29, 1.82) is 0 Å². The Morgan fingerprint density at radius 1 is 1.24 bits per heavy atom. The normalized spacial score (nSPS) is 12.4. The van der Waals surface area contributed by atoms with Gasteiger partial charge in [-0.15, -0.1) is 11.3 Å². The maximum Gasteiger partial charge on any atom is 0.268 e. The summed E-state index contributed by atoms with van der Waals surface area (Å²) in [5.74, 6) is 1.77. The second kappa shape index (κ2) is 13.1. The van der Waals surface area contributed by atoms with Crippen LogP contribution in [0.1, 0.15) is 42.3 Å². The first kappa shape index (κ1) is 28.8. The quantitative estimate of drug-likeness (QED) is 0.307. The zero-order chi connectivity index (χ0) is 27.1. The topological polar surface area (TPSA) is 121 Å². The average Bonchev–Trinajstić information content (AvgIpc) is 3.48. The van der Waals surface area contributed by atoms with Crippen LogP contribution >= 0.6 is 11.3 Å². The highest BCUT2D eigenvalue weighted by molar-refractivity contribution is 7.15. The van der Waals surface area contributed by atoms with E-state index < -0.39 is 18.6 Å². The van der Waals surface area contributed by atoms with Gasteiger partial charge in [-0.2, -0.15) is 4.98 Å². The second-order valence-corrected chi connectivity index (χ2v) is 10.9. The van der Waals surface area contributed by atoms with E-state index in [1.807, 2.05) is 26.0 Å². The Labute approximate surface area is 222 Å². The molecule has 0 aliphatic rings. The maximum atomic E-state index is 11.2. The van der Waals surface area contributed by atoms with E-state index in [0.717, 1.165) is 34.7 Å². The van der Waals surface area contributed by atoms with Gasteiger partial charge in [-0.1, -0.05) is 25.9 Å². The molecule has 9 nitrogen and oxygen atoms in total. The van der Waals surface area contributed by atoms with Crippen LogP contribution in [0.4, 0.5) is 0 Å². The summed E-state index contributed by atoms with van der Waals surface area (Å²) >= 11 is 1.68. The fraction of sp³-hybridized carbons (Fsp3) is 0.519. The molecule has 0 spiro atoms. The molecule has 3 N–H and O–H groups in total. The first-order chi connectivity index (χ1) is 17.6. The van der Waals surface area contributed by atoms with Gasteiger partial charge in [0.15, 0.2) is 0 Å². The Balaban J connectivity index is 1.73. The Morgan fingerprint density at radius 3 is 2.68 bits per heavy atom. The standard InChI is InChI=1S/C27H38N4O5S/c1-7-19-10-20(8-18(5)25(19)35-15-21(33)11-28-24(34)14-32)26-29-27(36-30-26)22-9-17(4)23(37-22)13-31(6)12-16(2)3/h8-10,16,21,32-33H,7,11-15H2,1-6H3,(H,28,34)/t21-/m0/s1. The number of ether oxygens (including phenoxy) is 1. The third-order valence-electron chi connectivity index (χ3n) is 5.84. The number of rotatable bonds is 13. The fourth-order valence-corrected chi connectivity index (χ4v) is 5.30. The Hall–Kier alpha value is -2.79. The lowest BCUT2D eigenvalue weighted by Crippen LogP contribution is -2.36. The van der Waals surface area contributed by atoms with Crippen LogP contribution in [-0.2, 0) is 17.8 Å².